The SMILES string of the molecule is COC(=O)NC(C)C(=O)N1CCCN(C(=O)c2cn(C)nc2C)CC1. The number of carbonyl (C=O) groups is 3. The second-order valence-corrected chi connectivity index (χ2v) is 6.13. The second kappa shape index (κ2) is 8.00. The molecule has 1 aromatic rings. The number of alkyl carbamates (subject to hydrolysis) is 1. The molecule has 138 valence electrons. The largest absolute Gasteiger partial charge is 0.453 e. The molecule has 1 N–H and O–H groups in total. The van der Waals surface area contributed by atoms with Gasteiger partial charge in [0.05, 0.1) is 18.4 Å². The third kappa shape index (κ3) is 4.49. The Morgan fingerprint density at radius 3 is 2.44 bits per heavy atom. The van der Waals surface area contributed by atoms with Gasteiger partial charge in [-0.25, -0.2) is 4.79 Å². The summed E-state index contributed by atoms with van der Waals surface area (Å²) < 4.78 is 6.13. The van der Waals surface area contributed by atoms with Crippen LogP contribution in [-0.2, 0) is 16.6 Å². The maximum Gasteiger partial charge on any atom is 0.407 e. The zero-order valence-corrected chi connectivity index (χ0v) is 15.1. The van der Waals surface area contributed by atoms with E-state index in [-0.39, 0.29) is 11.8 Å². The maximum atomic E-state index is 12.7. The third-order valence-corrected chi connectivity index (χ3v) is 4.23. The molecular weight excluding hydrogens is 326 g/mol. The van der Waals surface area contributed by atoms with Gasteiger partial charge in [0, 0.05) is 39.4 Å². The number of amides is 3. The van der Waals surface area contributed by atoms with E-state index in [4.69, 9.17) is 0 Å². The van der Waals surface area contributed by atoms with Gasteiger partial charge in [-0.05, 0) is 20.3 Å². The summed E-state index contributed by atoms with van der Waals surface area (Å²) in [6.45, 7) is 5.42. The van der Waals surface area contributed by atoms with Crippen LogP contribution in [0.25, 0.3) is 0 Å². The normalized spacial score (nSPS) is 16.2. The smallest absolute Gasteiger partial charge is 0.407 e. The first-order valence-electron chi connectivity index (χ1n) is 8.26. The topological polar surface area (TPSA) is 96.8 Å². The summed E-state index contributed by atoms with van der Waals surface area (Å²) in [5, 5.41) is 6.68. The standard InChI is InChI=1S/C16H25N5O4/c1-11-13(10-19(3)18-11)15(23)21-7-5-6-20(8-9-21)14(22)12(2)17-16(24)25-4/h10,12H,5-9H2,1-4H3,(H,17,24). The van der Waals surface area contributed by atoms with Gasteiger partial charge in [0.2, 0.25) is 5.91 Å². The highest BCUT2D eigenvalue weighted by molar-refractivity contribution is 5.95. The highest BCUT2D eigenvalue weighted by Crippen LogP contribution is 2.12. The van der Waals surface area contributed by atoms with Crippen LogP contribution in [0, 0.1) is 6.92 Å². The van der Waals surface area contributed by atoms with Gasteiger partial charge in [0.1, 0.15) is 6.04 Å². The molecule has 0 aromatic carbocycles. The summed E-state index contributed by atoms with van der Waals surface area (Å²) in [6.07, 6.45) is 1.76. The summed E-state index contributed by atoms with van der Waals surface area (Å²) in [5.41, 5.74) is 1.28. The Balaban J connectivity index is 1.97. The summed E-state index contributed by atoms with van der Waals surface area (Å²) in [5.74, 6) is -0.252. The lowest BCUT2D eigenvalue weighted by molar-refractivity contribution is -0.132. The average molecular weight is 351 g/mol. The molecular formula is C16H25N5O4. The first-order valence-corrected chi connectivity index (χ1v) is 8.26. The zero-order valence-electron chi connectivity index (χ0n) is 15.1. The summed E-state index contributed by atoms with van der Waals surface area (Å²) in [7, 11) is 3.03. The predicted octanol–water partition coefficient (Wildman–Crippen LogP) is 0.148. The van der Waals surface area contributed by atoms with Gasteiger partial charge in [0.15, 0.2) is 0 Å². The van der Waals surface area contributed by atoms with E-state index < -0.39 is 12.1 Å². The molecule has 0 aliphatic carbocycles. The lowest BCUT2D eigenvalue weighted by Gasteiger charge is -2.25. The van der Waals surface area contributed by atoms with Crippen molar-refractivity contribution >= 4 is 17.9 Å². The number of rotatable bonds is 3. The molecule has 2 heterocycles. The lowest BCUT2D eigenvalue weighted by Crippen LogP contribution is -2.48. The molecule has 3 amide bonds. The highest BCUT2D eigenvalue weighted by atomic mass is 16.5. The molecule has 0 spiro atoms. The van der Waals surface area contributed by atoms with Gasteiger partial charge in [-0.1, -0.05) is 0 Å². The molecule has 0 radical (unpaired) electrons. The van der Waals surface area contributed by atoms with Crippen molar-refractivity contribution in [3.63, 3.8) is 0 Å². The number of ether oxygens (including phenoxy) is 1. The predicted molar refractivity (Wildman–Crippen MR) is 90.0 cm³/mol. The van der Waals surface area contributed by atoms with Crippen LogP contribution in [0.4, 0.5) is 4.79 Å². The van der Waals surface area contributed by atoms with Crippen molar-refractivity contribution in [2.45, 2.75) is 26.3 Å². The van der Waals surface area contributed by atoms with Crippen molar-refractivity contribution in [2.24, 2.45) is 7.05 Å². The van der Waals surface area contributed by atoms with Crippen molar-refractivity contribution in [1.29, 1.82) is 0 Å². The first kappa shape index (κ1) is 18.8. The second-order valence-electron chi connectivity index (χ2n) is 6.13. The van der Waals surface area contributed by atoms with E-state index in [0.29, 0.717) is 43.9 Å². The minimum Gasteiger partial charge on any atom is -0.453 e. The number of hydrogen-bond acceptors (Lipinski definition) is 5. The van der Waals surface area contributed by atoms with E-state index in [1.807, 2.05) is 0 Å². The van der Waals surface area contributed by atoms with Crippen molar-refractivity contribution in [3.8, 4) is 0 Å². The van der Waals surface area contributed by atoms with Crippen LogP contribution in [0.3, 0.4) is 0 Å². The third-order valence-electron chi connectivity index (χ3n) is 4.23. The van der Waals surface area contributed by atoms with E-state index in [1.54, 1.807) is 41.6 Å². The van der Waals surface area contributed by atoms with E-state index in [2.05, 4.69) is 15.2 Å². The van der Waals surface area contributed by atoms with E-state index in [0.717, 1.165) is 0 Å². The molecule has 9 nitrogen and oxygen atoms in total. The molecule has 0 bridgehead atoms. The Morgan fingerprint density at radius 2 is 1.84 bits per heavy atom. The molecule has 1 aliphatic rings. The van der Waals surface area contributed by atoms with Crippen LogP contribution in [0.15, 0.2) is 6.20 Å². The minimum absolute atomic E-state index is 0.0689. The number of carbonyl (C=O) groups excluding carboxylic acids is 3. The fourth-order valence-electron chi connectivity index (χ4n) is 2.89. The number of nitrogens with one attached hydrogen (secondary N) is 1. The van der Waals surface area contributed by atoms with Gasteiger partial charge in [-0.3, -0.25) is 14.3 Å². The molecule has 9 heteroatoms. The lowest BCUT2D eigenvalue weighted by atomic mass is 10.2. The van der Waals surface area contributed by atoms with Crippen LogP contribution < -0.4 is 5.32 Å². The van der Waals surface area contributed by atoms with Gasteiger partial charge in [-0.15, -0.1) is 0 Å². The number of hydrogen-bond donors (Lipinski definition) is 1. The monoisotopic (exact) mass is 351 g/mol. The quantitative estimate of drug-likeness (QED) is 0.836. The number of nitrogens with zero attached hydrogens (tertiary/aromatic N) is 4. The van der Waals surface area contributed by atoms with Gasteiger partial charge >= 0.3 is 6.09 Å². The molecule has 1 unspecified atom stereocenters. The van der Waals surface area contributed by atoms with Crippen molar-refractivity contribution in [1.82, 2.24) is 24.9 Å². The number of aryl methyl sites for hydroxylation is 2. The van der Waals surface area contributed by atoms with E-state index in [1.165, 1.54) is 7.11 Å². The van der Waals surface area contributed by atoms with Crippen molar-refractivity contribution < 1.29 is 19.1 Å². The molecule has 25 heavy (non-hydrogen) atoms. The fraction of sp³-hybridized carbons (Fsp3) is 0.625. The molecule has 1 aliphatic heterocycles. The maximum absolute atomic E-state index is 12.7. The van der Waals surface area contributed by atoms with Gasteiger partial charge in [0.25, 0.3) is 5.91 Å². The molecule has 0 saturated carbocycles. The Morgan fingerprint density at radius 1 is 1.20 bits per heavy atom. The highest BCUT2D eigenvalue weighted by Gasteiger charge is 2.27. The van der Waals surface area contributed by atoms with Crippen LogP contribution in [0.1, 0.15) is 29.4 Å². The summed E-state index contributed by atoms with van der Waals surface area (Å²) in [6, 6.07) is -0.671. The van der Waals surface area contributed by atoms with E-state index in [9.17, 15) is 14.4 Å². The Labute approximate surface area is 146 Å². The zero-order chi connectivity index (χ0) is 18.6. The summed E-state index contributed by atoms with van der Waals surface area (Å²) in [4.78, 5) is 39.8. The Hall–Kier alpha value is -2.58. The molecule has 1 aromatic heterocycles. The van der Waals surface area contributed by atoms with Gasteiger partial charge in [-0.2, -0.15) is 5.10 Å². The molecule has 1 saturated heterocycles. The first-order chi connectivity index (χ1) is 11.8. The van der Waals surface area contributed by atoms with Gasteiger partial charge < -0.3 is 19.9 Å². The average Bonchev–Trinajstić information content (AvgIpc) is 2.78. The Bertz CT molecular complexity index is 657. The molecule has 1 fully saturated rings. The van der Waals surface area contributed by atoms with Crippen LogP contribution in [0.5, 0.6) is 0 Å². The molecule has 2 rings (SSSR count). The van der Waals surface area contributed by atoms with Crippen molar-refractivity contribution in [2.75, 3.05) is 33.3 Å². The van der Waals surface area contributed by atoms with Crippen LogP contribution >= 0.6 is 0 Å². The van der Waals surface area contributed by atoms with E-state index >= 15 is 0 Å². The Kier molecular flexibility index (Phi) is 6.00. The van der Waals surface area contributed by atoms with Crippen LogP contribution in [0.2, 0.25) is 0 Å². The number of aromatic nitrogens is 2. The van der Waals surface area contributed by atoms with Crippen molar-refractivity contribution in [3.05, 3.63) is 17.5 Å². The fourth-order valence-corrected chi connectivity index (χ4v) is 2.89. The molecule has 1 atom stereocenters. The summed E-state index contributed by atoms with van der Waals surface area (Å²) >= 11 is 0. The number of methoxy groups -OCH3 is 1. The minimum atomic E-state index is -0.671. The van der Waals surface area contributed by atoms with Crippen LogP contribution in [-0.4, -0.2) is 76.8 Å².